The second kappa shape index (κ2) is 64.7. The molecule has 0 aromatic heterocycles. The van der Waals surface area contributed by atoms with Crippen LogP contribution in [0.25, 0.3) is 0 Å². The first kappa shape index (κ1) is 76.5. The van der Waals surface area contributed by atoms with Gasteiger partial charge in [0, 0.05) is 19.4 Å². The van der Waals surface area contributed by atoms with Crippen LogP contribution in [0, 0.1) is 0 Å². The molecule has 0 rings (SSSR count). The van der Waals surface area contributed by atoms with Gasteiger partial charge in [0.2, 0.25) is 0 Å². The van der Waals surface area contributed by atoms with Crippen LogP contribution in [0.15, 0.2) is 24.3 Å². The molecule has 0 heterocycles. The molecule has 0 radical (unpaired) electrons. The monoisotopic (exact) mass is 1120 g/mol. The normalized spacial score (nSPS) is 13.0. The molecular weight excluding hydrogens is 990 g/mol. The van der Waals surface area contributed by atoms with E-state index in [0.29, 0.717) is 6.42 Å². The van der Waals surface area contributed by atoms with Gasteiger partial charge in [-0.25, -0.2) is 4.57 Å². The fourth-order valence-electron chi connectivity index (χ4n) is 10.5. The number of ether oxygens (including phenoxy) is 2. The maximum atomic E-state index is 12.7. The molecule has 10 heteroatoms. The molecule has 0 amide bonds. The molecule has 2 unspecified atom stereocenters. The van der Waals surface area contributed by atoms with Crippen LogP contribution in [0.2, 0.25) is 0 Å². The highest BCUT2D eigenvalue weighted by atomic mass is 31.2. The van der Waals surface area contributed by atoms with Gasteiger partial charge in [0.25, 0.3) is 0 Å². The van der Waals surface area contributed by atoms with Gasteiger partial charge in [-0.3, -0.25) is 18.6 Å². The zero-order valence-electron chi connectivity index (χ0n) is 51.9. The first-order chi connectivity index (χ1) is 38.3. The van der Waals surface area contributed by atoms with Crippen LogP contribution in [0.5, 0.6) is 0 Å². The molecule has 462 valence electrons. The Labute approximate surface area is 484 Å². The summed E-state index contributed by atoms with van der Waals surface area (Å²) in [5, 5.41) is 0. The van der Waals surface area contributed by atoms with Crippen molar-refractivity contribution in [3.05, 3.63) is 24.3 Å². The van der Waals surface area contributed by atoms with Crippen molar-refractivity contribution in [2.24, 2.45) is 5.73 Å². The average molecular weight is 1120 g/mol. The molecule has 0 aliphatic carbocycles. The van der Waals surface area contributed by atoms with E-state index in [0.717, 1.165) is 51.4 Å². The predicted molar refractivity (Wildman–Crippen MR) is 335 cm³/mol. The van der Waals surface area contributed by atoms with Crippen LogP contribution in [-0.2, 0) is 32.7 Å². The molecule has 0 bridgehead atoms. The summed E-state index contributed by atoms with van der Waals surface area (Å²) >= 11 is 0. The van der Waals surface area contributed by atoms with Gasteiger partial charge in [-0.15, -0.1) is 0 Å². The first-order valence-corrected chi connectivity index (χ1v) is 35.8. The SMILES string of the molecule is CCCCCC/C=C\C/C=C\CCCCCCCCCC(=O)OC(COC(=O)CCCCCCCCCCCCCCCCCCCCCCCCCCCCCCCCCCCCCCCCC)COP(=O)(O)OCCN. The van der Waals surface area contributed by atoms with Gasteiger partial charge < -0.3 is 20.1 Å². The molecule has 0 aromatic carbocycles. The Hall–Kier alpha value is -1.51. The van der Waals surface area contributed by atoms with Crippen LogP contribution < -0.4 is 5.73 Å². The van der Waals surface area contributed by atoms with Crippen molar-refractivity contribution in [2.45, 2.75) is 373 Å². The third-order valence-corrected chi connectivity index (χ3v) is 16.6. The molecule has 0 spiro atoms. The average Bonchev–Trinajstić information content (AvgIpc) is 3.43. The van der Waals surface area contributed by atoms with E-state index in [2.05, 4.69) is 38.2 Å². The van der Waals surface area contributed by atoms with E-state index in [4.69, 9.17) is 24.3 Å². The molecule has 0 aromatic rings. The number of hydrogen-bond donors (Lipinski definition) is 2. The summed E-state index contributed by atoms with van der Waals surface area (Å²) in [6.45, 7) is 3.78. The molecule has 3 N–H and O–H groups in total. The second-order valence-corrected chi connectivity index (χ2v) is 24.9. The number of carbonyl (C=O) groups excluding carboxylic acids is 2. The lowest BCUT2D eigenvalue weighted by Crippen LogP contribution is -2.29. The summed E-state index contributed by atoms with van der Waals surface area (Å²) in [4.78, 5) is 35.2. The topological polar surface area (TPSA) is 134 Å². The number of hydrogen-bond acceptors (Lipinski definition) is 8. The summed E-state index contributed by atoms with van der Waals surface area (Å²) in [5.41, 5.74) is 5.39. The smallest absolute Gasteiger partial charge is 0.462 e. The lowest BCUT2D eigenvalue weighted by molar-refractivity contribution is -0.161. The van der Waals surface area contributed by atoms with E-state index in [1.54, 1.807) is 0 Å². The Bertz CT molecular complexity index is 1330. The summed E-state index contributed by atoms with van der Waals surface area (Å²) in [6, 6.07) is 0. The number of phosphoric acid groups is 1. The van der Waals surface area contributed by atoms with Crippen molar-refractivity contribution in [1.29, 1.82) is 0 Å². The van der Waals surface area contributed by atoms with E-state index in [9.17, 15) is 19.0 Å². The maximum Gasteiger partial charge on any atom is 0.472 e. The summed E-state index contributed by atoms with van der Waals surface area (Å²) in [5.74, 6) is -0.818. The molecule has 0 fully saturated rings. The van der Waals surface area contributed by atoms with E-state index in [-0.39, 0.29) is 38.6 Å². The minimum absolute atomic E-state index is 0.0541. The fraction of sp³-hybridized carbons (Fsp3) is 0.912. The highest BCUT2D eigenvalue weighted by Gasteiger charge is 2.26. The van der Waals surface area contributed by atoms with Crippen molar-refractivity contribution < 1.29 is 37.6 Å². The number of carbonyl (C=O) groups is 2. The van der Waals surface area contributed by atoms with Crippen LogP contribution in [0.1, 0.15) is 367 Å². The third-order valence-electron chi connectivity index (χ3n) is 15.6. The molecule has 0 saturated heterocycles. The Kier molecular flexibility index (Phi) is 63.4. The Morgan fingerprint density at radius 1 is 0.385 bits per heavy atom. The van der Waals surface area contributed by atoms with E-state index in [1.807, 2.05) is 0 Å². The summed E-state index contributed by atoms with van der Waals surface area (Å²) < 4.78 is 33.1. The van der Waals surface area contributed by atoms with Crippen molar-refractivity contribution in [3.63, 3.8) is 0 Å². The van der Waals surface area contributed by atoms with Gasteiger partial charge in [-0.1, -0.05) is 334 Å². The number of allylic oxidation sites excluding steroid dienone is 4. The molecule has 2 atom stereocenters. The summed E-state index contributed by atoms with van der Waals surface area (Å²) in [7, 11) is -4.39. The van der Waals surface area contributed by atoms with Gasteiger partial charge in [0.15, 0.2) is 6.10 Å². The van der Waals surface area contributed by atoms with Crippen molar-refractivity contribution in [2.75, 3.05) is 26.4 Å². The van der Waals surface area contributed by atoms with E-state index < -0.39 is 26.5 Å². The Morgan fingerprint density at radius 2 is 0.667 bits per heavy atom. The standard InChI is InChI=1S/C68H132NO8P/c1-3-5-7-9-11-13-15-17-19-21-23-24-25-26-27-28-29-30-31-32-33-34-35-36-37-38-39-40-41-42-43-45-46-48-50-52-54-56-58-60-67(70)74-64-66(65-76-78(72,73)75-63-62-69)77-68(71)61-59-57-55-53-51-49-47-44-22-20-18-16-14-12-10-8-6-4-2/h14,16,20,22,66H,3-13,15,17-19,21,23-65,69H2,1-2H3,(H,72,73)/b16-14-,22-20-. The zero-order valence-corrected chi connectivity index (χ0v) is 52.8. The Morgan fingerprint density at radius 3 is 0.987 bits per heavy atom. The largest absolute Gasteiger partial charge is 0.472 e. The number of esters is 2. The number of unbranched alkanes of at least 4 members (excludes halogenated alkanes) is 49. The molecule has 0 saturated carbocycles. The number of phosphoric ester groups is 1. The van der Waals surface area contributed by atoms with Crippen molar-refractivity contribution >= 4 is 19.8 Å². The predicted octanol–water partition coefficient (Wildman–Crippen LogP) is 22.1. The van der Waals surface area contributed by atoms with Gasteiger partial charge >= 0.3 is 19.8 Å². The molecule has 0 aliphatic rings. The maximum absolute atomic E-state index is 12.7. The second-order valence-electron chi connectivity index (χ2n) is 23.4. The minimum Gasteiger partial charge on any atom is -0.462 e. The van der Waals surface area contributed by atoms with E-state index in [1.165, 1.54) is 283 Å². The van der Waals surface area contributed by atoms with Crippen molar-refractivity contribution in [3.8, 4) is 0 Å². The Balaban J connectivity index is 3.72. The quantitative estimate of drug-likeness (QED) is 0.0264. The van der Waals surface area contributed by atoms with Gasteiger partial charge in [-0.05, 0) is 44.9 Å². The minimum atomic E-state index is -4.39. The van der Waals surface area contributed by atoms with Gasteiger partial charge in [0.05, 0.1) is 13.2 Å². The number of nitrogens with two attached hydrogens (primary N) is 1. The molecule has 78 heavy (non-hydrogen) atoms. The third kappa shape index (κ3) is 63.7. The van der Waals surface area contributed by atoms with Crippen LogP contribution in [0.3, 0.4) is 0 Å². The molecular formula is C68H132NO8P. The zero-order chi connectivity index (χ0) is 56.6. The van der Waals surface area contributed by atoms with Gasteiger partial charge in [0.1, 0.15) is 6.61 Å². The molecule has 0 aliphatic heterocycles. The lowest BCUT2D eigenvalue weighted by atomic mass is 10.0. The van der Waals surface area contributed by atoms with Crippen LogP contribution in [-0.4, -0.2) is 49.3 Å². The highest BCUT2D eigenvalue weighted by molar-refractivity contribution is 7.47. The van der Waals surface area contributed by atoms with Crippen LogP contribution >= 0.6 is 7.82 Å². The van der Waals surface area contributed by atoms with E-state index >= 15 is 0 Å². The lowest BCUT2D eigenvalue weighted by Gasteiger charge is -2.19. The molecule has 9 nitrogen and oxygen atoms in total. The summed E-state index contributed by atoms with van der Waals surface area (Å²) in [6.07, 6.45) is 78.7. The first-order valence-electron chi connectivity index (χ1n) is 34.3. The number of rotatable bonds is 66. The van der Waals surface area contributed by atoms with Crippen molar-refractivity contribution in [1.82, 2.24) is 0 Å². The van der Waals surface area contributed by atoms with Crippen LogP contribution in [0.4, 0.5) is 0 Å². The van der Waals surface area contributed by atoms with Gasteiger partial charge in [-0.2, -0.15) is 0 Å². The highest BCUT2D eigenvalue weighted by Crippen LogP contribution is 2.43. The fourth-order valence-corrected chi connectivity index (χ4v) is 11.3.